The largest absolute Gasteiger partial charge is 0.361 e. The Morgan fingerprint density at radius 1 is 1.11 bits per heavy atom. The average Bonchev–Trinajstić information content (AvgIpc) is 3.12. The van der Waals surface area contributed by atoms with Crippen LogP contribution < -0.4 is 0 Å². The molecule has 1 aromatic heterocycles. The van der Waals surface area contributed by atoms with Crippen molar-refractivity contribution in [1.82, 2.24) is 9.88 Å². The second-order valence-corrected chi connectivity index (χ2v) is 7.48. The molecule has 1 amide bonds. The summed E-state index contributed by atoms with van der Waals surface area (Å²) < 4.78 is 0. The van der Waals surface area contributed by atoms with Gasteiger partial charge in [0.05, 0.1) is 0 Å². The van der Waals surface area contributed by atoms with Crippen molar-refractivity contribution in [1.29, 1.82) is 0 Å². The molecule has 2 aromatic carbocycles. The van der Waals surface area contributed by atoms with Crippen LogP contribution >= 0.6 is 11.6 Å². The van der Waals surface area contributed by atoms with Crippen LogP contribution in [0.5, 0.6) is 0 Å². The number of aromatic nitrogens is 1. The summed E-state index contributed by atoms with van der Waals surface area (Å²) in [5.41, 5.74) is 4.96. The van der Waals surface area contributed by atoms with Crippen LogP contribution in [0, 0.1) is 0 Å². The van der Waals surface area contributed by atoms with Crippen molar-refractivity contribution in [2.24, 2.45) is 0 Å². The number of fused-ring (bicyclic) bond motifs is 1. The van der Waals surface area contributed by atoms with E-state index in [0.29, 0.717) is 13.0 Å². The number of amides is 1. The lowest BCUT2D eigenvalue weighted by molar-refractivity contribution is -0.130. The van der Waals surface area contributed by atoms with Crippen LogP contribution in [0.2, 0.25) is 5.02 Å². The fourth-order valence-electron chi connectivity index (χ4n) is 3.75. The fraction of sp³-hybridized carbons (Fsp3) is 0.261. The van der Waals surface area contributed by atoms with Gasteiger partial charge in [0.25, 0.3) is 0 Å². The molecule has 1 aliphatic heterocycles. The third-order valence-corrected chi connectivity index (χ3v) is 5.54. The first-order valence-electron chi connectivity index (χ1n) is 9.48. The van der Waals surface area contributed by atoms with Gasteiger partial charge in [-0.3, -0.25) is 4.79 Å². The molecule has 0 atom stereocenters. The zero-order valence-corrected chi connectivity index (χ0v) is 16.0. The molecule has 3 nitrogen and oxygen atoms in total. The number of H-pyrrole nitrogens is 1. The Kier molecular flexibility index (Phi) is 5.30. The van der Waals surface area contributed by atoms with E-state index in [1.807, 2.05) is 35.2 Å². The minimum atomic E-state index is 0.251. The molecule has 138 valence electrons. The molecular weight excluding hydrogens is 356 g/mol. The van der Waals surface area contributed by atoms with Crippen LogP contribution in [-0.2, 0) is 11.2 Å². The first-order chi connectivity index (χ1) is 13.2. The number of nitrogens with one attached hydrogen (secondary N) is 1. The van der Waals surface area contributed by atoms with Crippen LogP contribution in [0.3, 0.4) is 0 Å². The Hall–Kier alpha value is -2.52. The molecule has 2 heterocycles. The zero-order valence-electron chi connectivity index (χ0n) is 15.2. The fourth-order valence-corrected chi connectivity index (χ4v) is 3.87. The standard InChI is InChI=1S/C23H23ClN2O/c24-20-10-8-17(9-11-20)18-12-14-26(15-13-18)23(27)7-3-4-19-16-25-22-6-2-1-5-21(19)22/h1-2,5-6,8-12,16,25H,3-4,7,13-15H2. The number of halogens is 1. The highest BCUT2D eigenvalue weighted by Gasteiger charge is 2.17. The van der Waals surface area contributed by atoms with Crippen molar-refractivity contribution < 1.29 is 4.79 Å². The van der Waals surface area contributed by atoms with E-state index in [-0.39, 0.29) is 5.91 Å². The van der Waals surface area contributed by atoms with Crippen molar-refractivity contribution in [3.05, 3.63) is 77.0 Å². The van der Waals surface area contributed by atoms with Gasteiger partial charge in [-0.05, 0) is 54.2 Å². The molecule has 0 radical (unpaired) electrons. The third kappa shape index (κ3) is 4.09. The SMILES string of the molecule is O=C(CCCc1c[nH]c2ccccc12)N1CC=C(c2ccc(Cl)cc2)CC1. The van der Waals surface area contributed by atoms with Gasteiger partial charge < -0.3 is 9.88 Å². The van der Waals surface area contributed by atoms with E-state index in [1.54, 1.807) is 0 Å². The highest BCUT2D eigenvalue weighted by molar-refractivity contribution is 6.30. The molecule has 27 heavy (non-hydrogen) atoms. The summed E-state index contributed by atoms with van der Waals surface area (Å²) in [7, 11) is 0. The van der Waals surface area contributed by atoms with Crippen molar-refractivity contribution in [2.45, 2.75) is 25.7 Å². The van der Waals surface area contributed by atoms with Crippen LogP contribution in [0.1, 0.15) is 30.4 Å². The Balaban J connectivity index is 1.30. The van der Waals surface area contributed by atoms with Crippen LogP contribution in [0.4, 0.5) is 0 Å². The molecule has 0 saturated carbocycles. The summed E-state index contributed by atoms with van der Waals surface area (Å²) in [6.07, 6.45) is 7.54. The molecule has 3 aromatic rings. The van der Waals surface area contributed by atoms with Crippen LogP contribution in [0.15, 0.2) is 60.8 Å². The Bertz CT molecular complexity index is 971. The Morgan fingerprint density at radius 2 is 1.93 bits per heavy atom. The van der Waals surface area contributed by atoms with Gasteiger partial charge in [0.2, 0.25) is 5.91 Å². The van der Waals surface area contributed by atoms with E-state index in [1.165, 1.54) is 22.1 Å². The van der Waals surface area contributed by atoms with Crippen molar-refractivity contribution in [2.75, 3.05) is 13.1 Å². The van der Waals surface area contributed by atoms with Gasteiger partial charge in [-0.15, -0.1) is 0 Å². The number of carbonyl (C=O) groups excluding carboxylic acids is 1. The number of benzene rings is 2. The number of para-hydroxylation sites is 1. The molecule has 0 unspecified atom stereocenters. The summed E-state index contributed by atoms with van der Waals surface area (Å²) in [5, 5.41) is 2.01. The molecule has 0 fully saturated rings. The highest BCUT2D eigenvalue weighted by Crippen LogP contribution is 2.24. The number of carbonyl (C=O) groups is 1. The first kappa shape index (κ1) is 17.9. The minimum Gasteiger partial charge on any atom is -0.361 e. The maximum Gasteiger partial charge on any atom is 0.222 e. The van der Waals surface area contributed by atoms with Gasteiger partial charge in [-0.2, -0.15) is 0 Å². The quantitative estimate of drug-likeness (QED) is 0.628. The van der Waals surface area contributed by atoms with Crippen molar-refractivity contribution >= 4 is 34.0 Å². The average molecular weight is 379 g/mol. The van der Waals surface area contributed by atoms with E-state index in [0.717, 1.165) is 36.3 Å². The van der Waals surface area contributed by atoms with Gasteiger partial charge in [0.15, 0.2) is 0 Å². The number of hydrogen-bond donors (Lipinski definition) is 1. The lowest BCUT2D eigenvalue weighted by Gasteiger charge is -2.27. The van der Waals surface area contributed by atoms with Gasteiger partial charge in [-0.25, -0.2) is 0 Å². The number of hydrogen-bond acceptors (Lipinski definition) is 1. The van der Waals surface area contributed by atoms with Gasteiger partial charge >= 0.3 is 0 Å². The molecule has 1 aliphatic rings. The highest BCUT2D eigenvalue weighted by atomic mass is 35.5. The van der Waals surface area contributed by atoms with Crippen molar-refractivity contribution in [3.8, 4) is 0 Å². The second kappa shape index (κ2) is 8.01. The first-order valence-corrected chi connectivity index (χ1v) is 9.86. The summed E-state index contributed by atoms with van der Waals surface area (Å²) in [5.74, 6) is 0.251. The molecule has 4 heteroatoms. The summed E-state index contributed by atoms with van der Waals surface area (Å²) in [6.45, 7) is 1.49. The molecule has 4 rings (SSSR count). The van der Waals surface area contributed by atoms with Crippen LogP contribution in [0.25, 0.3) is 16.5 Å². The van der Waals surface area contributed by atoms with E-state index < -0.39 is 0 Å². The molecule has 0 bridgehead atoms. The summed E-state index contributed by atoms with van der Waals surface area (Å²) >= 11 is 5.96. The lowest BCUT2D eigenvalue weighted by atomic mass is 9.99. The smallest absolute Gasteiger partial charge is 0.222 e. The lowest BCUT2D eigenvalue weighted by Crippen LogP contribution is -2.34. The van der Waals surface area contributed by atoms with E-state index in [4.69, 9.17) is 11.6 Å². The monoisotopic (exact) mass is 378 g/mol. The second-order valence-electron chi connectivity index (χ2n) is 7.04. The molecule has 0 saturated heterocycles. The third-order valence-electron chi connectivity index (χ3n) is 5.29. The number of nitrogens with zero attached hydrogens (tertiary/aromatic N) is 1. The Labute approximate surface area is 164 Å². The number of rotatable bonds is 5. The van der Waals surface area contributed by atoms with Gasteiger partial charge in [0, 0.05) is 41.6 Å². The minimum absolute atomic E-state index is 0.251. The molecular formula is C23H23ClN2O. The maximum atomic E-state index is 12.5. The molecule has 0 spiro atoms. The topological polar surface area (TPSA) is 36.1 Å². The Morgan fingerprint density at radius 3 is 2.70 bits per heavy atom. The normalized spacial score (nSPS) is 14.4. The van der Waals surface area contributed by atoms with E-state index in [9.17, 15) is 4.79 Å². The zero-order chi connectivity index (χ0) is 18.6. The number of aromatic amines is 1. The maximum absolute atomic E-state index is 12.5. The summed E-state index contributed by atoms with van der Waals surface area (Å²) in [4.78, 5) is 17.8. The predicted molar refractivity (Wildman–Crippen MR) is 112 cm³/mol. The molecule has 1 N–H and O–H groups in total. The number of aryl methyl sites for hydroxylation is 1. The molecule has 0 aliphatic carbocycles. The van der Waals surface area contributed by atoms with E-state index in [2.05, 4.69) is 35.5 Å². The van der Waals surface area contributed by atoms with Gasteiger partial charge in [-0.1, -0.05) is 48.0 Å². The van der Waals surface area contributed by atoms with Gasteiger partial charge in [0.1, 0.15) is 0 Å². The van der Waals surface area contributed by atoms with E-state index >= 15 is 0 Å². The van der Waals surface area contributed by atoms with Crippen LogP contribution in [-0.4, -0.2) is 28.9 Å². The summed E-state index contributed by atoms with van der Waals surface area (Å²) in [6, 6.07) is 16.2. The van der Waals surface area contributed by atoms with Crippen molar-refractivity contribution in [3.63, 3.8) is 0 Å². The predicted octanol–water partition coefficient (Wildman–Crippen LogP) is 5.46.